The van der Waals surface area contributed by atoms with Crippen LogP contribution in [0.5, 0.6) is 0 Å². The van der Waals surface area contributed by atoms with Gasteiger partial charge in [-0.05, 0) is 47.8 Å². The van der Waals surface area contributed by atoms with E-state index in [1.54, 1.807) is 40.1 Å². The van der Waals surface area contributed by atoms with E-state index in [4.69, 9.17) is 5.11 Å². The largest absolute Gasteiger partial charge is 0.477 e. The average Bonchev–Trinajstić information content (AvgIpc) is 3.32. The van der Waals surface area contributed by atoms with Gasteiger partial charge in [-0.15, -0.1) is 45.3 Å². The Labute approximate surface area is 148 Å². The molecule has 0 radical (unpaired) electrons. The van der Waals surface area contributed by atoms with Gasteiger partial charge in [-0.2, -0.15) is 0 Å². The third kappa shape index (κ3) is 2.90. The highest BCUT2D eigenvalue weighted by Gasteiger charge is 2.12. The fourth-order valence-electron chi connectivity index (χ4n) is 2.21. The summed E-state index contributed by atoms with van der Waals surface area (Å²) in [6.07, 6.45) is 0. The molecule has 6 heteroatoms. The van der Waals surface area contributed by atoms with Crippen molar-refractivity contribution in [2.24, 2.45) is 0 Å². The minimum atomic E-state index is -0.864. The Morgan fingerprint density at radius 1 is 0.696 bits per heavy atom. The molecule has 0 aliphatic rings. The van der Waals surface area contributed by atoms with Crippen LogP contribution in [0.3, 0.4) is 0 Å². The van der Waals surface area contributed by atoms with Gasteiger partial charge in [-0.25, -0.2) is 4.79 Å². The molecule has 0 unspecified atom stereocenters. The van der Waals surface area contributed by atoms with Crippen LogP contribution in [0.4, 0.5) is 0 Å². The molecule has 4 aromatic heterocycles. The Morgan fingerprint density at radius 3 is 1.70 bits per heavy atom. The van der Waals surface area contributed by atoms with Crippen LogP contribution >= 0.6 is 45.3 Å². The standard InChI is InChI=1S/C17H10O2S4/c18-17(19)16-8-7-15(23-16)14-6-5-13(22-14)12-4-3-11(21-12)10-2-1-9-20-10/h1-9H,(H,18,19). The van der Waals surface area contributed by atoms with Crippen molar-refractivity contribution in [1.29, 1.82) is 0 Å². The normalized spacial score (nSPS) is 11.0. The molecule has 4 heterocycles. The zero-order valence-corrected chi connectivity index (χ0v) is 15.0. The van der Waals surface area contributed by atoms with Crippen LogP contribution in [0.2, 0.25) is 0 Å². The summed E-state index contributed by atoms with van der Waals surface area (Å²) in [4.78, 5) is 18.6. The number of aromatic carboxylic acids is 1. The van der Waals surface area contributed by atoms with Gasteiger partial charge >= 0.3 is 5.97 Å². The molecule has 0 saturated heterocycles. The predicted molar refractivity (Wildman–Crippen MR) is 101 cm³/mol. The molecule has 0 saturated carbocycles. The van der Waals surface area contributed by atoms with Crippen LogP contribution in [-0.4, -0.2) is 11.1 Å². The maximum Gasteiger partial charge on any atom is 0.345 e. The highest BCUT2D eigenvalue weighted by Crippen LogP contribution is 2.42. The summed E-state index contributed by atoms with van der Waals surface area (Å²) in [6.45, 7) is 0. The second-order valence-electron chi connectivity index (χ2n) is 4.77. The van der Waals surface area contributed by atoms with E-state index in [0.29, 0.717) is 4.88 Å². The van der Waals surface area contributed by atoms with Gasteiger partial charge in [0.25, 0.3) is 0 Å². The average molecular weight is 375 g/mol. The minimum absolute atomic E-state index is 0.381. The van der Waals surface area contributed by atoms with Crippen molar-refractivity contribution in [2.45, 2.75) is 0 Å². The van der Waals surface area contributed by atoms with E-state index < -0.39 is 5.97 Å². The highest BCUT2D eigenvalue weighted by atomic mass is 32.1. The number of rotatable bonds is 4. The Morgan fingerprint density at radius 2 is 1.22 bits per heavy atom. The molecule has 0 bridgehead atoms. The third-order valence-electron chi connectivity index (χ3n) is 3.28. The Kier molecular flexibility index (Phi) is 3.90. The van der Waals surface area contributed by atoms with Crippen molar-refractivity contribution >= 4 is 51.3 Å². The molecule has 0 atom stereocenters. The maximum absolute atomic E-state index is 11.0. The van der Waals surface area contributed by atoms with E-state index in [1.165, 1.54) is 30.8 Å². The molecule has 2 nitrogen and oxygen atoms in total. The van der Waals surface area contributed by atoms with Crippen LogP contribution in [0, 0.1) is 0 Å². The molecule has 4 rings (SSSR count). The topological polar surface area (TPSA) is 37.3 Å². The fourth-order valence-corrected chi connectivity index (χ4v) is 6.08. The van der Waals surface area contributed by atoms with Gasteiger partial charge in [0.1, 0.15) is 4.88 Å². The monoisotopic (exact) mass is 374 g/mol. The predicted octanol–water partition coefficient (Wildman–Crippen LogP) is 6.63. The molecule has 0 aromatic carbocycles. The number of carboxylic acid groups (broad SMARTS) is 1. The zero-order chi connectivity index (χ0) is 15.8. The lowest BCUT2D eigenvalue weighted by Crippen LogP contribution is -1.89. The van der Waals surface area contributed by atoms with E-state index in [9.17, 15) is 4.79 Å². The van der Waals surface area contributed by atoms with Crippen LogP contribution in [0.1, 0.15) is 9.67 Å². The molecule has 0 aliphatic carbocycles. The van der Waals surface area contributed by atoms with Gasteiger partial charge in [0, 0.05) is 29.3 Å². The van der Waals surface area contributed by atoms with Crippen molar-refractivity contribution in [3.63, 3.8) is 0 Å². The van der Waals surface area contributed by atoms with E-state index >= 15 is 0 Å². The molecule has 23 heavy (non-hydrogen) atoms. The highest BCUT2D eigenvalue weighted by molar-refractivity contribution is 7.28. The first kappa shape index (κ1) is 14.8. The van der Waals surface area contributed by atoms with E-state index in [1.807, 2.05) is 6.07 Å². The Balaban J connectivity index is 1.64. The van der Waals surface area contributed by atoms with Crippen LogP contribution in [0.25, 0.3) is 29.3 Å². The lowest BCUT2D eigenvalue weighted by atomic mass is 10.3. The van der Waals surface area contributed by atoms with Gasteiger partial charge in [0.15, 0.2) is 0 Å². The summed E-state index contributed by atoms with van der Waals surface area (Å²) in [6, 6.07) is 16.3. The zero-order valence-electron chi connectivity index (χ0n) is 11.7. The van der Waals surface area contributed by atoms with Gasteiger partial charge in [-0.3, -0.25) is 0 Å². The van der Waals surface area contributed by atoms with Gasteiger partial charge < -0.3 is 5.11 Å². The smallest absolute Gasteiger partial charge is 0.345 e. The Bertz CT molecular complexity index is 956. The van der Waals surface area contributed by atoms with Gasteiger partial charge in [-0.1, -0.05) is 6.07 Å². The quantitative estimate of drug-likeness (QED) is 0.435. The lowest BCUT2D eigenvalue weighted by Gasteiger charge is -1.91. The number of carboxylic acids is 1. The summed E-state index contributed by atoms with van der Waals surface area (Å²) < 4.78 is 0. The van der Waals surface area contributed by atoms with Crippen LogP contribution < -0.4 is 0 Å². The second-order valence-corrected chi connectivity index (χ2v) is 8.97. The summed E-state index contributed by atoms with van der Waals surface area (Å²) in [5, 5.41) is 11.1. The molecular weight excluding hydrogens is 364 g/mol. The van der Waals surface area contributed by atoms with Crippen LogP contribution in [0.15, 0.2) is 53.9 Å². The molecular formula is C17H10O2S4. The molecule has 4 aromatic rings. The SMILES string of the molecule is O=C(O)c1ccc(-c2ccc(-c3ccc(-c4cccs4)s3)s2)s1. The summed E-state index contributed by atoms with van der Waals surface area (Å²) >= 11 is 6.57. The van der Waals surface area contributed by atoms with Crippen LogP contribution in [-0.2, 0) is 0 Å². The molecule has 1 N–H and O–H groups in total. The van der Waals surface area contributed by atoms with Crippen molar-refractivity contribution in [1.82, 2.24) is 0 Å². The first-order valence-corrected chi connectivity index (χ1v) is 10.1. The second kappa shape index (κ2) is 6.05. The lowest BCUT2D eigenvalue weighted by molar-refractivity contribution is 0.0702. The van der Waals surface area contributed by atoms with E-state index in [0.717, 1.165) is 9.75 Å². The minimum Gasteiger partial charge on any atom is -0.477 e. The third-order valence-corrected chi connectivity index (χ3v) is 7.98. The number of hydrogen-bond donors (Lipinski definition) is 1. The molecule has 0 aliphatic heterocycles. The molecule has 0 spiro atoms. The molecule has 114 valence electrons. The van der Waals surface area contributed by atoms with Gasteiger partial charge in [0.2, 0.25) is 0 Å². The summed E-state index contributed by atoms with van der Waals surface area (Å²) in [5.74, 6) is -0.864. The first-order chi connectivity index (χ1) is 11.2. The van der Waals surface area contributed by atoms with Crippen molar-refractivity contribution in [3.05, 3.63) is 58.8 Å². The fraction of sp³-hybridized carbons (Fsp3) is 0. The molecule has 0 fully saturated rings. The van der Waals surface area contributed by atoms with E-state index in [-0.39, 0.29) is 0 Å². The van der Waals surface area contributed by atoms with Gasteiger partial charge in [0.05, 0.1) is 0 Å². The van der Waals surface area contributed by atoms with Crippen molar-refractivity contribution in [3.8, 4) is 29.3 Å². The van der Waals surface area contributed by atoms with E-state index in [2.05, 4.69) is 41.8 Å². The van der Waals surface area contributed by atoms with Crippen molar-refractivity contribution < 1.29 is 9.90 Å². The number of thiophene rings is 4. The maximum atomic E-state index is 11.0. The summed E-state index contributed by atoms with van der Waals surface area (Å²) in [5.41, 5.74) is 0. The summed E-state index contributed by atoms with van der Waals surface area (Å²) in [7, 11) is 0. The Hall–Kier alpha value is -1.73. The molecule has 0 amide bonds. The van der Waals surface area contributed by atoms with Crippen molar-refractivity contribution in [2.75, 3.05) is 0 Å². The number of carbonyl (C=O) groups is 1. The first-order valence-electron chi connectivity index (χ1n) is 6.78. The number of hydrogen-bond acceptors (Lipinski definition) is 5.